The molecule has 1 aromatic carbocycles. The monoisotopic (exact) mass is 448 g/mol. The Balaban J connectivity index is 1.64. The normalized spacial score (nSPS) is 13.0. The molecule has 3 aromatic heterocycles. The highest BCUT2D eigenvalue weighted by Crippen LogP contribution is 2.36. The van der Waals surface area contributed by atoms with Crippen molar-refractivity contribution in [1.82, 2.24) is 29.5 Å². The molecule has 0 radical (unpaired) electrons. The molecular formula is C22H21FN8O2. The number of halogens is 1. The van der Waals surface area contributed by atoms with Crippen molar-refractivity contribution in [2.24, 2.45) is 14.1 Å². The molecule has 1 aliphatic rings. The van der Waals surface area contributed by atoms with E-state index < -0.39 is 11.7 Å². The molecule has 168 valence electrons. The molecule has 0 spiro atoms. The zero-order chi connectivity index (χ0) is 23.3. The molecule has 0 fully saturated rings. The number of rotatable bonds is 5. The largest absolute Gasteiger partial charge is 0.508 e. The second kappa shape index (κ2) is 7.69. The molecule has 1 amide bonds. The maximum atomic E-state index is 14.4. The van der Waals surface area contributed by atoms with Crippen molar-refractivity contribution >= 4 is 17.5 Å². The Morgan fingerprint density at radius 2 is 2.00 bits per heavy atom. The van der Waals surface area contributed by atoms with Crippen LogP contribution in [0.1, 0.15) is 22.8 Å². The van der Waals surface area contributed by atoms with Crippen molar-refractivity contribution in [2.75, 3.05) is 16.8 Å². The van der Waals surface area contributed by atoms with Crippen LogP contribution in [0.2, 0.25) is 0 Å². The number of hydrogen-bond donors (Lipinski definition) is 2. The Kier molecular flexibility index (Phi) is 4.81. The number of fused-ring (bicyclic) bond motifs is 1. The lowest BCUT2D eigenvalue weighted by Gasteiger charge is -2.18. The molecule has 2 N–H and O–H groups in total. The number of hydrogen-bond acceptors (Lipinski definition) is 7. The number of aromatic nitrogens is 6. The van der Waals surface area contributed by atoms with Gasteiger partial charge in [0.2, 0.25) is 0 Å². The van der Waals surface area contributed by atoms with E-state index in [1.165, 1.54) is 11.0 Å². The minimum absolute atomic E-state index is 0.0177. The maximum absolute atomic E-state index is 14.4. The summed E-state index contributed by atoms with van der Waals surface area (Å²) in [7, 11) is 3.66. The Morgan fingerprint density at radius 3 is 2.73 bits per heavy atom. The molecule has 0 bridgehead atoms. The fourth-order valence-corrected chi connectivity index (χ4v) is 4.07. The molecular weight excluding hydrogens is 427 g/mol. The number of aryl methyl sites for hydroxylation is 2. The highest BCUT2D eigenvalue weighted by Gasteiger charge is 2.33. The number of amides is 1. The van der Waals surface area contributed by atoms with Crippen LogP contribution in [0.4, 0.5) is 16.0 Å². The SMILES string of the molecule is CCNc1cc(-c2c(-c3nncn3C)cnn2C)cc(N2Cc3c(F)cc(O)cc3C2=O)n1. The number of pyridine rings is 1. The van der Waals surface area contributed by atoms with Crippen molar-refractivity contribution in [3.8, 4) is 28.4 Å². The smallest absolute Gasteiger partial charge is 0.260 e. The van der Waals surface area contributed by atoms with Crippen LogP contribution in [-0.4, -0.2) is 47.1 Å². The summed E-state index contributed by atoms with van der Waals surface area (Å²) in [6, 6.07) is 5.92. The van der Waals surface area contributed by atoms with Gasteiger partial charge in [-0.1, -0.05) is 0 Å². The first-order chi connectivity index (χ1) is 15.9. The molecule has 0 saturated heterocycles. The van der Waals surface area contributed by atoms with E-state index in [0.717, 1.165) is 22.9 Å². The lowest BCUT2D eigenvalue weighted by molar-refractivity contribution is 0.0995. The van der Waals surface area contributed by atoms with Gasteiger partial charge >= 0.3 is 0 Å². The Hall–Kier alpha value is -4.28. The van der Waals surface area contributed by atoms with E-state index in [0.29, 0.717) is 24.0 Å². The number of phenolic OH excluding ortho intramolecular Hbond substituents is 1. The summed E-state index contributed by atoms with van der Waals surface area (Å²) in [6.07, 6.45) is 3.32. The second-order valence-electron chi connectivity index (χ2n) is 7.77. The average molecular weight is 448 g/mol. The summed E-state index contributed by atoms with van der Waals surface area (Å²) in [5, 5.41) is 25.5. The summed E-state index contributed by atoms with van der Waals surface area (Å²) in [5.41, 5.74) is 2.65. The number of phenols is 1. The van der Waals surface area contributed by atoms with Gasteiger partial charge in [-0.2, -0.15) is 5.10 Å². The third-order valence-corrected chi connectivity index (χ3v) is 5.58. The molecule has 5 rings (SSSR count). The van der Waals surface area contributed by atoms with Crippen LogP contribution >= 0.6 is 0 Å². The van der Waals surface area contributed by atoms with Gasteiger partial charge in [0.15, 0.2) is 5.82 Å². The van der Waals surface area contributed by atoms with E-state index in [1.807, 2.05) is 27.1 Å². The number of nitrogens with zero attached hydrogens (tertiary/aromatic N) is 7. The van der Waals surface area contributed by atoms with Gasteiger partial charge in [0.05, 0.1) is 29.6 Å². The fourth-order valence-electron chi connectivity index (χ4n) is 4.07. The molecule has 0 atom stereocenters. The molecule has 0 unspecified atom stereocenters. The van der Waals surface area contributed by atoms with Crippen molar-refractivity contribution < 1.29 is 14.3 Å². The Bertz CT molecular complexity index is 1390. The Morgan fingerprint density at radius 1 is 1.18 bits per heavy atom. The molecule has 11 heteroatoms. The average Bonchev–Trinajstić information content (AvgIpc) is 3.45. The topological polar surface area (TPSA) is 114 Å². The third-order valence-electron chi connectivity index (χ3n) is 5.58. The van der Waals surface area contributed by atoms with E-state index in [2.05, 4.69) is 25.6 Å². The number of anilines is 2. The minimum atomic E-state index is -0.625. The zero-order valence-electron chi connectivity index (χ0n) is 18.2. The van der Waals surface area contributed by atoms with Crippen molar-refractivity contribution in [3.05, 3.63) is 53.7 Å². The second-order valence-corrected chi connectivity index (χ2v) is 7.77. The number of benzene rings is 1. The summed E-state index contributed by atoms with van der Waals surface area (Å²) < 4.78 is 17.9. The van der Waals surface area contributed by atoms with Crippen molar-refractivity contribution in [2.45, 2.75) is 13.5 Å². The van der Waals surface area contributed by atoms with Crippen LogP contribution in [0.3, 0.4) is 0 Å². The molecule has 0 aliphatic carbocycles. The number of nitrogens with one attached hydrogen (secondary N) is 1. The fraction of sp³-hybridized carbons (Fsp3) is 0.227. The standard InChI is InChI=1S/C22H21FN8O2/c1-4-24-18-5-12(20-15(9-26-30(20)3)21-28-25-11-29(21)2)6-19(27-18)31-10-16-14(22(31)33)7-13(32)8-17(16)23/h5-9,11,32H,4,10H2,1-3H3,(H,24,27). The van der Waals surface area contributed by atoms with Gasteiger partial charge in [-0.25, -0.2) is 9.37 Å². The molecule has 10 nitrogen and oxygen atoms in total. The van der Waals surface area contributed by atoms with Crippen LogP contribution in [0.5, 0.6) is 5.75 Å². The van der Waals surface area contributed by atoms with Gasteiger partial charge in [-0.3, -0.25) is 14.4 Å². The van der Waals surface area contributed by atoms with Crippen LogP contribution < -0.4 is 10.2 Å². The predicted molar refractivity (Wildman–Crippen MR) is 119 cm³/mol. The Labute approximate surface area is 188 Å². The summed E-state index contributed by atoms with van der Waals surface area (Å²) in [6.45, 7) is 2.58. The predicted octanol–water partition coefficient (Wildman–Crippen LogP) is 2.71. The van der Waals surface area contributed by atoms with Gasteiger partial charge in [0.1, 0.15) is 29.5 Å². The molecule has 4 heterocycles. The number of aromatic hydroxyl groups is 1. The number of carbonyl (C=O) groups excluding carboxylic acids is 1. The van der Waals surface area contributed by atoms with Crippen LogP contribution in [0.15, 0.2) is 36.8 Å². The summed E-state index contributed by atoms with van der Waals surface area (Å²) in [4.78, 5) is 19.1. The van der Waals surface area contributed by atoms with Gasteiger partial charge in [0.25, 0.3) is 5.91 Å². The van der Waals surface area contributed by atoms with Crippen LogP contribution in [0, 0.1) is 5.82 Å². The van der Waals surface area contributed by atoms with Crippen molar-refractivity contribution in [1.29, 1.82) is 0 Å². The lowest BCUT2D eigenvalue weighted by atomic mass is 10.1. The van der Waals surface area contributed by atoms with E-state index in [-0.39, 0.29) is 23.4 Å². The quantitative estimate of drug-likeness (QED) is 0.483. The highest BCUT2D eigenvalue weighted by molar-refractivity contribution is 6.10. The van der Waals surface area contributed by atoms with E-state index >= 15 is 0 Å². The molecule has 4 aromatic rings. The lowest BCUT2D eigenvalue weighted by Crippen LogP contribution is -2.24. The van der Waals surface area contributed by atoms with E-state index in [1.54, 1.807) is 27.8 Å². The van der Waals surface area contributed by atoms with Crippen LogP contribution in [0.25, 0.3) is 22.6 Å². The van der Waals surface area contributed by atoms with Gasteiger partial charge in [0, 0.05) is 37.8 Å². The number of carbonyl (C=O) groups is 1. The first-order valence-corrected chi connectivity index (χ1v) is 10.3. The maximum Gasteiger partial charge on any atom is 0.260 e. The first-order valence-electron chi connectivity index (χ1n) is 10.3. The first kappa shape index (κ1) is 20.6. The van der Waals surface area contributed by atoms with Crippen LogP contribution in [-0.2, 0) is 20.6 Å². The summed E-state index contributed by atoms with van der Waals surface area (Å²) in [5.74, 6) is 0.213. The van der Waals surface area contributed by atoms with Gasteiger partial charge in [-0.05, 0) is 25.1 Å². The summed E-state index contributed by atoms with van der Waals surface area (Å²) >= 11 is 0. The van der Waals surface area contributed by atoms with Crippen molar-refractivity contribution in [3.63, 3.8) is 0 Å². The molecule has 1 aliphatic heterocycles. The zero-order valence-corrected chi connectivity index (χ0v) is 18.2. The van der Waals surface area contributed by atoms with Gasteiger partial charge < -0.3 is 15.0 Å². The highest BCUT2D eigenvalue weighted by atomic mass is 19.1. The van der Waals surface area contributed by atoms with E-state index in [4.69, 9.17) is 0 Å². The minimum Gasteiger partial charge on any atom is -0.508 e. The van der Waals surface area contributed by atoms with Gasteiger partial charge in [-0.15, -0.1) is 10.2 Å². The molecule has 0 saturated carbocycles. The third kappa shape index (κ3) is 3.37. The molecule has 33 heavy (non-hydrogen) atoms. The van der Waals surface area contributed by atoms with E-state index in [9.17, 15) is 14.3 Å².